The summed E-state index contributed by atoms with van der Waals surface area (Å²) in [6, 6.07) is 3.53. The lowest BCUT2D eigenvalue weighted by Gasteiger charge is -2.32. The number of pyridine rings is 1. The van der Waals surface area contributed by atoms with Crippen LogP contribution < -0.4 is 0 Å². The minimum Gasteiger partial charge on any atom is -0.349 e. The van der Waals surface area contributed by atoms with Gasteiger partial charge in [-0.15, -0.1) is 0 Å². The second-order valence-electron chi connectivity index (χ2n) is 5.04. The molecular formula is C14H19N3O2. The molecule has 0 bridgehead atoms. The number of carbonyl (C=O) groups excluding carboxylic acids is 2. The van der Waals surface area contributed by atoms with Crippen LogP contribution in [0.4, 0.5) is 0 Å². The highest BCUT2D eigenvalue weighted by Crippen LogP contribution is 2.20. The van der Waals surface area contributed by atoms with Crippen LogP contribution in [0.3, 0.4) is 0 Å². The fraction of sp³-hybridized carbons (Fsp3) is 0.500. The molecule has 5 heteroatoms. The minimum atomic E-state index is 0.00357. The molecule has 0 aliphatic carbocycles. The van der Waals surface area contributed by atoms with Gasteiger partial charge in [0.2, 0.25) is 5.91 Å². The number of hydrogen-bond donors (Lipinski definition) is 0. The van der Waals surface area contributed by atoms with Crippen molar-refractivity contribution in [3.63, 3.8) is 0 Å². The molecule has 0 spiro atoms. The molecule has 0 aromatic carbocycles. The summed E-state index contributed by atoms with van der Waals surface area (Å²) in [6.07, 6.45) is 4.71. The molecule has 2 heterocycles. The lowest BCUT2D eigenvalue weighted by atomic mass is 9.95. The van der Waals surface area contributed by atoms with Crippen molar-refractivity contribution in [1.29, 1.82) is 0 Å². The molecule has 19 heavy (non-hydrogen) atoms. The van der Waals surface area contributed by atoms with Crippen molar-refractivity contribution in [2.45, 2.75) is 12.8 Å². The van der Waals surface area contributed by atoms with Gasteiger partial charge < -0.3 is 9.80 Å². The van der Waals surface area contributed by atoms with Crippen LogP contribution in [0, 0.1) is 5.92 Å². The van der Waals surface area contributed by atoms with E-state index in [1.54, 1.807) is 48.4 Å². The first kappa shape index (κ1) is 13.5. The molecule has 5 nitrogen and oxygen atoms in total. The molecule has 0 radical (unpaired) electrons. The van der Waals surface area contributed by atoms with E-state index < -0.39 is 0 Å². The number of rotatable bonds is 2. The molecule has 1 aliphatic heterocycles. The Hall–Kier alpha value is -1.91. The summed E-state index contributed by atoms with van der Waals surface area (Å²) in [6.45, 7) is 1.27. The van der Waals surface area contributed by atoms with Crippen molar-refractivity contribution >= 4 is 11.8 Å². The summed E-state index contributed by atoms with van der Waals surface area (Å²) in [5.41, 5.74) is 0.611. The molecule has 0 saturated carbocycles. The van der Waals surface area contributed by atoms with Crippen molar-refractivity contribution in [3.05, 3.63) is 30.1 Å². The summed E-state index contributed by atoms with van der Waals surface area (Å²) in [7, 11) is 3.55. The van der Waals surface area contributed by atoms with Crippen molar-refractivity contribution in [2.75, 3.05) is 27.2 Å². The third-order valence-corrected chi connectivity index (χ3v) is 3.48. The van der Waals surface area contributed by atoms with Crippen molar-refractivity contribution < 1.29 is 9.59 Å². The lowest BCUT2D eigenvalue weighted by molar-refractivity contribution is -0.134. The Morgan fingerprint density at radius 3 is 2.53 bits per heavy atom. The van der Waals surface area contributed by atoms with Gasteiger partial charge in [-0.25, -0.2) is 0 Å². The van der Waals surface area contributed by atoms with Gasteiger partial charge in [-0.1, -0.05) is 0 Å². The predicted molar refractivity (Wildman–Crippen MR) is 71.6 cm³/mol. The topological polar surface area (TPSA) is 53.5 Å². The Kier molecular flexibility index (Phi) is 4.14. The zero-order chi connectivity index (χ0) is 13.8. The zero-order valence-corrected chi connectivity index (χ0v) is 11.4. The van der Waals surface area contributed by atoms with Gasteiger partial charge in [0, 0.05) is 45.5 Å². The summed E-state index contributed by atoms with van der Waals surface area (Å²) < 4.78 is 0. The number of aromatic nitrogens is 1. The largest absolute Gasteiger partial charge is 0.349 e. The maximum absolute atomic E-state index is 12.2. The van der Waals surface area contributed by atoms with E-state index >= 15 is 0 Å². The first-order valence-electron chi connectivity index (χ1n) is 6.50. The van der Waals surface area contributed by atoms with E-state index in [4.69, 9.17) is 0 Å². The first-order valence-corrected chi connectivity index (χ1v) is 6.50. The molecule has 102 valence electrons. The SMILES string of the molecule is CN(C)C(=O)C1CCN(C(=O)c2cccnc2)CC1. The number of piperidine rings is 1. The van der Waals surface area contributed by atoms with Crippen LogP contribution in [0.25, 0.3) is 0 Å². The van der Waals surface area contributed by atoms with Crippen LogP contribution in [-0.4, -0.2) is 53.8 Å². The number of likely N-dealkylation sites (tertiary alicyclic amines) is 1. The average molecular weight is 261 g/mol. The third-order valence-electron chi connectivity index (χ3n) is 3.48. The molecule has 1 aromatic rings. The zero-order valence-electron chi connectivity index (χ0n) is 11.4. The Balaban J connectivity index is 1.94. The van der Waals surface area contributed by atoms with Gasteiger partial charge in [-0.2, -0.15) is 0 Å². The van der Waals surface area contributed by atoms with E-state index in [9.17, 15) is 9.59 Å². The number of nitrogens with zero attached hydrogens (tertiary/aromatic N) is 3. The lowest BCUT2D eigenvalue weighted by Crippen LogP contribution is -2.42. The second-order valence-corrected chi connectivity index (χ2v) is 5.04. The Labute approximate surface area is 113 Å². The quantitative estimate of drug-likeness (QED) is 0.798. The molecule has 2 amide bonds. The van der Waals surface area contributed by atoms with Gasteiger partial charge in [0.25, 0.3) is 5.91 Å². The Morgan fingerprint density at radius 1 is 1.32 bits per heavy atom. The molecular weight excluding hydrogens is 242 g/mol. The molecule has 0 N–H and O–H groups in total. The van der Waals surface area contributed by atoms with Crippen LogP contribution in [0.1, 0.15) is 23.2 Å². The smallest absolute Gasteiger partial charge is 0.255 e. The van der Waals surface area contributed by atoms with E-state index in [2.05, 4.69) is 4.98 Å². The Bertz CT molecular complexity index is 451. The van der Waals surface area contributed by atoms with E-state index in [1.807, 2.05) is 0 Å². The van der Waals surface area contributed by atoms with Crippen LogP contribution in [-0.2, 0) is 4.79 Å². The van der Waals surface area contributed by atoms with E-state index in [-0.39, 0.29) is 17.7 Å². The predicted octanol–water partition coefficient (Wildman–Crippen LogP) is 1.02. The molecule has 1 fully saturated rings. The Morgan fingerprint density at radius 2 is 2.00 bits per heavy atom. The van der Waals surface area contributed by atoms with Crippen LogP contribution in [0.2, 0.25) is 0 Å². The molecule has 1 saturated heterocycles. The number of carbonyl (C=O) groups is 2. The number of hydrogen-bond acceptors (Lipinski definition) is 3. The average Bonchev–Trinajstić information content (AvgIpc) is 2.46. The number of amides is 2. The molecule has 0 unspecified atom stereocenters. The molecule has 0 atom stereocenters. The highest BCUT2D eigenvalue weighted by Gasteiger charge is 2.28. The van der Waals surface area contributed by atoms with Crippen molar-refractivity contribution in [2.24, 2.45) is 5.92 Å². The van der Waals surface area contributed by atoms with Crippen LogP contribution >= 0.6 is 0 Å². The monoisotopic (exact) mass is 261 g/mol. The van der Waals surface area contributed by atoms with E-state index in [0.29, 0.717) is 18.7 Å². The van der Waals surface area contributed by atoms with Crippen LogP contribution in [0.15, 0.2) is 24.5 Å². The van der Waals surface area contributed by atoms with E-state index in [0.717, 1.165) is 12.8 Å². The van der Waals surface area contributed by atoms with Gasteiger partial charge in [0.15, 0.2) is 0 Å². The summed E-state index contributed by atoms with van der Waals surface area (Å²) in [5.74, 6) is 0.213. The van der Waals surface area contributed by atoms with Gasteiger partial charge in [-0.3, -0.25) is 14.6 Å². The van der Waals surface area contributed by atoms with Crippen molar-refractivity contribution in [3.8, 4) is 0 Å². The third kappa shape index (κ3) is 3.10. The van der Waals surface area contributed by atoms with Crippen LogP contribution in [0.5, 0.6) is 0 Å². The summed E-state index contributed by atoms with van der Waals surface area (Å²) in [5, 5.41) is 0. The van der Waals surface area contributed by atoms with Gasteiger partial charge in [0.05, 0.1) is 5.56 Å². The van der Waals surface area contributed by atoms with Crippen molar-refractivity contribution in [1.82, 2.24) is 14.8 Å². The maximum Gasteiger partial charge on any atom is 0.255 e. The highest BCUT2D eigenvalue weighted by atomic mass is 16.2. The summed E-state index contributed by atoms with van der Waals surface area (Å²) in [4.78, 5) is 31.4. The van der Waals surface area contributed by atoms with Gasteiger partial charge >= 0.3 is 0 Å². The normalized spacial score (nSPS) is 16.2. The molecule has 1 aromatic heterocycles. The standard InChI is InChI=1S/C14H19N3O2/c1-16(2)13(18)11-5-8-17(9-6-11)14(19)12-4-3-7-15-10-12/h3-4,7,10-11H,5-6,8-9H2,1-2H3. The minimum absolute atomic E-state index is 0.00357. The maximum atomic E-state index is 12.2. The van der Waals surface area contributed by atoms with E-state index in [1.165, 1.54) is 0 Å². The molecule has 2 rings (SSSR count). The fourth-order valence-corrected chi connectivity index (χ4v) is 2.37. The first-order chi connectivity index (χ1) is 9.09. The highest BCUT2D eigenvalue weighted by molar-refractivity contribution is 5.94. The summed E-state index contributed by atoms with van der Waals surface area (Å²) >= 11 is 0. The van der Waals surface area contributed by atoms with Gasteiger partial charge in [-0.05, 0) is 25.0 Å². The van der Waals surface area contributed by atoms with Gasteiger partial charge in [0.1, 0.15) is 0 Å². The fourth-order valence-electron chi connectivity index (χ4n) is 2.37. The molecule has 1 aliphatic rings. The second kappa shape index (κ2) is 5.82.